The molecule has 0 atom stereocenters. The Kier molecular flexibility index (Phi) is 4.78. The van der Waals surface area contributed by atoms with Crippen molar-refractivity contribution in [1.82, 2.24) is 9.97 Å². The summed E-state index contributed by atoms with van der Waals surface area (Å²) in [7, 11) is 2.86. The number of methoxy groups -OCH3 is 2. The highest BCUT2D eigenvalue weighted by Crippen LogP contribution is 2.35. The van der Waals surface area contributed by atoms with Crippen LogP contribution in [0, 0.1) is 0 Å². The molecule has 0 radical (unpaired) electrons. The van der Waals surface area contributed by atoms with Crippen LogP contribution in [0.15, 0.2) is 36.4 Å². The molecule has 0 saturated heterocycles. The maximum Gasteiger partial charge on any atom is 0.451 e. The van der Waals surface area contributed by atoms with E-state index in [0.29, 0.717) is 27.6 Å². The first kappa shape index (κ1) is 18.1. The molecule has 0 saturated carbocycles. The van der Waals surface area contributed by atoms with E-state index in [1.165, 1.54) is 26.4 Å². The van der Waals surface area contributed by atoms with E-state index in [-0.39, 0.29) is 11.3 Å². The minimum atomic E-state index is -4.70. The topological polar surface area (TPSA) is 56.3 Å². The van der Waals surface area contributed by atoms with Crippen molar-refractivity contribution in [2.75, 3.05) is 19.5 Å². The van der Waals surface area contributed by atoms with Gasteiger partial charge in [0.1, 0.15) is 17.3 Å². The standard InChI is InChI=1S/C17H13ClF3N3O2/c1-25-10-4-5-11-12(8-10)23-16(17(19,20)21)24-15(11)22-13-7-9(18)3-6-14(13)26-2/h3-8H,1-2H3,(H,22,23,24). The van der Waals surface area contributed by atoms with Gasteiger partial charge in [-0.25, -0.2) is 9.97 Å². The lowest BCUT2D eigenvalue weighted by atomic mass is 10.2. The minimum Gasteiger partial charge on any atom is -0.497 e. The van der Waals surface area contributed by atoms with Crippen LogP contribution < -0.4 is 14.8 Å². The third-order valence-electron chi connectivity index (χ3n) is 3.57. The molecule has 5 nitrogen and oxygen atoms in total. The van der Waals surface area contributed by atoms with Crippen molar-refractivity contribution < 1.29 is 22.6 Å². The molecule has 3 rings (SSSR count). The Bertz CT molecular complexity index is 964. The molecular weight excluding hydrogens is 371 g/mol. The molecule has 0 aliphatic heterocycles. The normalized spacial score (nSPS) is 11.5. The zero-order valence-corrected chi connectivity index (χ0v) is 14.4. The fraction of sp³-hybridized carbons (Fsp3) is 0.176. The quantitative estimate of drug-likeness (QED) is 0.682. The van der Waals surface area contributed by atoms with E-state index in [4.69, 9.17) is 21.1 Å². The number of aromatic nitrogens is 2. The lowest BCUT2D eigenvalue weighted by Crippen LogP contribution is -2.13. The SMILES string of the molecule is COc1ccc2c(Nc3cc(Cl)ccc3OC)nc(C(F)(F)F)nc2c1. The van der Waals surface area contributed by atoms with Crippen molar-refractivity contribution in [2.24, 2.45) is 0 Å². The van der Waals surface area contributed by atoms with Gasteiger partial charge in [0, 0.05) is 16.5 Å². The summed E-state index contributed by atoms with van der Waals surface area (Å²) in [5, 5.41) is 3.64. The number of nitrogens with one attached hydrogen (secondary N) is 1. The molecule has 3 aromatic rings. The van der Waals surface area contributed by atoms with Crippen molar-refractivity contribution in [3.05, 3.63) is 47.2 Å². The Morgan fingerprint density at radius 2 is 1.77 bits per heavy atom. The Balaban J connectivity index is 2.19. The second kappa shape index (κ2) is 6.87. The van der Waals surface area contributed by atoms with Gasteiger partial charge in [0.25, 0.3) is 0 Å². The van der Waals surface area contributed by atoms with Gasteiger partial charge in [-0.3, -0.25) is 0 Å². The maximum atomic E-state index is 13.2. The Morgan fingerprint density at radius 1 is 1.00 bits per heavy atom. The summed E-state index contributed by atoms with van der Waals surface area (Å²) in [4.78, 5) is 7.25. The number of alkyl halides is 3. The molecule has 0 aliphatic rings. The molecule has 0 bridgehead atoms. The lowest BCUT2D eigenvalue weighted by molar-refractivity contribution is -0.144. The van der Waals surface area contributed by atoms with Gasteiger partial charge in [-0.2, -0.15) is 13.2 Å². The average molecular weight is 384 g/mol. The number of ether oxygens (including phenoxy) is 2. The minimum absolute atomic E-state index is 0.0226. The fourth-order valence-corrected chi connectivity index (χ4v) is 2.54. The molecule has 136 valence electrons. The van der Waals surface area contributed by atoms with Crippen LogP contribution in [-0.4, -0.2) is 24.2 Å². The van der Waals surface area contributed by atoms with Crippen molar-refractivity contribution in [2.45, 2.75) is 6.18 Å². The van der Waals surface area contributed by atoms with Crippen molar-refractivity contribution in [1.29, 1.82) is 0 Å². The largest absolute Gasteiger partial charge is 0.497 e. The van der Waals surface area contributed by atoms with E-state index in [1.807, 2.05) is 0 Å². The van der Waals surface area contributed by atoms with Crippen LogP contribution in [0.3, 0.4) is 0 Å². The molecule has 1 aromatic heterocycles. The van der Waals surface area contributed by atoms with Gasteiger partial charge in [-0.1, -0.05) is 11.6 Å². The van der Waals surface area contributed by atoms with E-state index < -0.39 is 12.0 Å². The van der Waals surface area contributed by atoms with E-state index in [9.17, 15) is 13.2 Å². The Labute approximate surface area is 151 Å². The van der Waals surface area contributed by atoms with E-state index in [0.717, 1.165) is 0 Å². The molecule has 9 heteroatoms. The van der Waals surface area contributed by atoms with Gasteiger partial charge in [0.2, 0.25) is 5.82 Å². The molecule has 2 aromatic carbocycles. The Hall–Kier alpha value is -2.74. The summed E-state index contributed by atoms with van der Waals surface area (Å²) in [5.41, 5.74) is 0.471. The van der Waals surface area contributed by atoms with Crippen LogP contribution in [0.4, 0.5) is 24.7 Å². The first-order valence-corrected chi connectivity index (χ1v) is 7.73. The van der Waals surface area contributed by atoms with Crippen molar-refractivity contribution in [3.8, 4) is 11.5 Å². The molecule has 26 heavy (non-hydrogen) atoms. The molecule has 0 spiro atoms. The number of hydrogen-bond donors (Lipinski definition) is 1. The lowest BCUT2D eigenvalue weighted by Gasteiger charge is -2.15. The van der Waals surface area contributed by atoms with Crippen LogP contribution in [0.5, 0.6) is 11.5 Å². The fourth-order valence-electron chi connectivity index (χ4n) is 2.36. The van der Waals surface area contributed by atoms with Gasteiger partial charge in [0.15, 0.2) is 0 Å². The van der Waals surface area contributed by atoms with Crippen molar-refractivity contribution in [3.63, 3.8) is 0 Å². The predicted octanol–water partition coefficient (Wildman–Crippen LogP) is 5.06. The molecular formula is C17H13ClF3N3O2. The predicted molar refractivity (Wildman–Crippen MR) is 92.4 cm³/mol. The summed E-state index contributed by atoms with van der Waals surface area (Å²) < 4.78 is 49.9. The number of anilines is 2. The monoisotopic (exact) mass is 383 g/mol. The zero-order valence-electron chi connectivity index (χ0n) is 13.7. The summed E-state index contributed by atoms with van der Waals surface area (Å²) in [5.74, 6) is -0.494. The zero-order chi connectivity index (χ0) is 18.9. The summed E-state index contributed by atoms with van der Waals surface area (Å²) in [6.45, 7) is 0. The van der Waals surface area contributed by atoms with Crippen LogP contribution in [0.1, 0.15) is 5.82 Å². The third kappa shape index (κ3) is 3.60. The van der Waals surface area contributed by atoms with Crippen LogP contribution in [-0.2, 0) is 6.18 Å². The van der Waals surface area contributed by atoms with Gasteiger partial charge < -0.3 is 14.8 Å². The molecule has 0 unspecified atom stereocenters. The maximum absolute atomic E-state index is 13.2. The third-order valence-corrected chi connectivity index (χ3v) is 3.81. The number of rotatable bonds is 4. The van der Waals surface area contributed by atoms with Gasteiger partial charge in [-0.05, 0) is 30.3 Å². The Morgan fingerprint density at radius 3 is 2.42 bits per heavy atom. The highest BCUT2D eigenvalue weighted by Gasteiger charge is 2.35. The van der Waals surface area contributed by atoms with Gasteiger partial charge in [0.05, 0.1) is 25.4 Å². The number of fused-ring (bicyclic) bond motifs is 1. The number of nitrogens with zero attached hydrogens (tertiary/aromatic N) is 2. The molecule has 0 amide bonds. The summed E-state index contributed by atoms with van der Waals surface area (Å²) in [6, 6.07) is 9.34. The molecule has 0 fully saturated rings. The van der Waals surface area contributed by atoms with E-state index in [1.54, 1.807) is 24.3 Å². The number of benzene rings is 2. The van der Waals surface area contributed by atoms with Crippen molar-refractivity contribution >= 4 is 34.0 Å². The highest BCUT2D eigenvalue weighted by atomic mass is 35.5. The van der Waals surface area contributed by atoms with Crippen LogP contribution >= 0.6 is 11.6 Å². The molecule has 0 aliphatic carbocycles. The van der Waals surface area contributed by atoms with Gasteiger partial charge >= 0.3 is 6.18 Å². The van der Waals surface area contributed by atoms with Crippen LogP contribution in [0.25, 0.3) is 10.9 Å². The highest BCUT2D eigenvalue weighted by molar-refractivity contribution is 6.31. The van der Waals surface area contributed by atoms with E-state index >= 15 is 0 Å². The summed E-state index contributed by atoms with van der Waals surface area (Å²) >= 11 is 5.98. The molecule has 1 N–H and O–H groups in total. The first-order valence-electron chi connectivity index (χ1n) is 7.35. The molecule has 1 heterocycles. The second-order valence-corrected chi connectivity index (χ2v) is 5.68. The second-order valence-electron chi connectivity index (χ2n) is 5.25. The first-order chi connectivity index (χ1) is 12.3. The van der Waals surface area contributed by atoms with Gasteiger partial charge in [-0.15, -0.1) is 0 Å². The average Bonchev–Trinajstić information content (AvgIpc) is 2.60. The number of hydrogen-bond acceptors (Lipinski definition) is 5. The van der Waals surface area contributed by atoms with E-state index in [2.05, 4.69) is 15.3 Å². The smallest absolute Gasteiger partial charge is 0.451 e. The summed E-state index contributed by atoms with van der Waals surface area (Å²) in [6.07, 6.45) is -4.70. The van der Waals surface area contributed by atoms with Crippen LogP contribution in [0.2, 0.25) is 5.02 Å². The number of halogens is 4.